The summed E-state index contributed by atoms with van der Waals surface area (Å²) in [5.41, 5.74) is 8.57. The van der Waals surface area contributed by atoms with Gasteiger partial charge in [-0.15, -0.1) is 0 Å². The third-order valence-corrected chi connectivity index (χ3v) is 15.0. The molecule has 4 amide bonds. The summed E-state index contributed by atoms with van der Waals surface area (Å²) in [7, 11) is 5.33. The van der Waals surface area contributed by atoms with E-state index in [1.165, 1.54) is 51.7 Å². The summed E-state index contributed by atoms with van der Waals surface area (Å²) in [5, 5.41) is 5.37. The molecule has 29 nitrogen and oxygen atoms in total. The number of esters is 4. The van der Waals surface area contributed by atoms with Crippen LogP contribution in [-0.2, 0) is 77.9 Å². The predicted molar refractivity (Wildman–Crippen MR) is 316 cm³/mol. The summed E-state index contributed by atoms with van der Waals surface area (Å²) in [5.74, 6) is -4.59. The van der Waals surface area contributed by atoms with Crippen LogP contribution in [0.25, 0.3) is 0 Å². The van der Waals surface area contributed by atoms with Crippen LogP contribution in [-0.4, -0.2) is 207 Å². The highest BCUT2D eigenvalue weighted by molar-refractivity contribution is 6.04. The van der Waals surface area contributed by atoms with Crippen LogP contribution < -0.4 is 40.1 Å². The molecular formula is C62H77N5O24. The summed E-state index contributed by atoms with van der Waals surface area (Å²) < 4.78 is 91.0. The lowest BCUT2D eigenvalue weighted by Crippen LogP contribution is -2.64. The Hall–Kier alpha value is -8.74. The second kappa shape index (κ2) is 31.8. The lowest BCUT2D eigenvalue weighted by atomic mass is 9.97. The molecule has 5 aliphatic heterocycles. The van der Waals surface area contributed by atoms with Crippen molar-refractivity contribution < 1.29 is 114 Å². The number of anilines is 2. The SMILES string of the molecule is C=C1C[C@@H](C2OCCO2)N(C(=O)c2cc(OC)c(OCCCCCOc3cc(NC(=O)OCc4ccc(O[C@@H]5O[C@H](C(=O)OC)[C@@H](OC(C)=O)[C@H](OC(C)=O)[C@H]5OC(C)=O)c(C(=O)NCCOC)c4)c(C(=O)N4CC(=C)C[C@H]4C4OCCO4)cc3OC)cc2N)C1. The molecule has 5 aliphatic rings. The number of unbranched alkanes of at least 4 members (excludes halogenated alkanes) is 2. The zero-order chi connectivity index (χ0) is 65.5. The Kier molecular flexibility index (Phi) is 23.8. The fourth-order valence-electron chi connectivity index (χ4n) is 10.9. The van der Waals surface area contributed by atoms with E-state index in [0.717, 1.165) is 39.0 Å². The number of nitrogens with two attached hydrogens (primary N) is 1. The van der Waals surface area contributed by atoms with Crippen LogP contribution in [0.5, 0.6) is 28.7 Å². The molecule has 8 rings (SSSR count). The van der Waals surface area contributed by atoms with Crippen molar-refractivity contribution in [3.05, 3.63) is 89.0 Å². The molecule has 0 aliphatic carbocycles. The van der Waals surface area contributed by atoms with Crippen molar-refractivity contribution in [1.29, 1.82) is 0 Å². The zero-order valence-corrected chi connectivity index (χ0v) is 51.7. The molecule has 4 N–H and O–H groups in total. The second-order valence-corrected chi connectivity index (χ2v) is 21.6. The molecule has 0 bridgehead atoms. The minimum atomic E-state index is -1.82. The number of hydrogen-bond donors (Lipinski definition) is 3. The van der Waals surface area contributed by atoms with Crippen molar-refractivity contribution in [1.82, 2.24) is 15.1 Å². The number of benzene rings is 3. The topological polar surface area (TPSA) is 341 Å². The maximum atomic E-state index is 14.7. The molecule has 5 heterocycles. The van der Waals surface area contributed by atoms with E-state index >= 15 is 0 Å². The van der Waals surface area contributed by atoms with Crippen LogP contribution >= 0.6 is 0 Å². The molecule has 5 fully saturated rings. The zero-order valence-electron chi connectivity index (χ0n) is 51.7. The molecule has 0 spiro atoms. The van der Waals surface area contributed by atoms with Crippen molar-refractivity contribution in [3.8, 4) is 28.7 Å². The van der Waals surface area contributed by atoms with E-state index in [1.54, 1.807) is 21.9 Å². The smallest absolute Gasteiger partial charge is 0.411 e. The van der Waals surface area contributed by atoms with Crippen LogP contribution in [0.2, 0.25) is 0 Å². The quantitative estimate of drug-likeness (QED) is 0.0313. The number of carbonyl (C=O) groups excluding carboxylic acids is 8. The van der Waals surface area contributed by atoms with Gasteiger partial charge in [0, 0.05) is 65.3 Å². The number of nitrogens with one attached hydrogen (secondary N) is 2. The van der Waals surface area contributed by atoms with Gasteiger partial charge in [-0.1, -0.05) is 30.4 Å². The van der Waals surface area contributed by atoms with Crippen LogP contribution in [0.3, 0.4) is 0 Å². The van der Waals surface area contributed by atoms with E-state index in [0.29, 0.717) is 76.6 Å². The molecule has 3 aromatic rings. The van der Waals surface area contributed by atoms with Gasteiger partial charge in [0.2, 0.25) is 12.4 Å². The number of nitrogen functional groups attached to an aromatic ring is 1. The molecule has 7 atom stereocenters. The Morgan fingerprint density at radius 2 is 1.15 bits per heavy atom. The number of carbonyl (C=O) groups is 8. The predicted octanol–water partition coefficient (Wildman–Crippen LogP) is 4.40. The minimum Gasteiger partial charge on any atom is -0.493 e. The number of ether oxygens (including phenoxy) is 16. The first-order chi connectivity index (χ1) is 43.7. The van der Waals surface area contributed by atoms with Crippen molar-refractivity contribution in [2.45, 2.75) is 115 Å². The lowest BCUT2D eigenvalue weighted by molar-refractivity contribution is -0.282. The molecule has 0 radical (unpaired) electrons. The Labute approximate surface area is 524 Å². The molecular weight excluding hydrogens is 1200 g/mol. The fourth-order valence-corrected chi connectivity index (χ4v) is 10.9. The summed E-state index contributed by atoms with van der Waals surface area (Å²) in [6, 6.07) is 9.19. The highest BCUT2D eigenvalue weighted by Crippen LogP contribution is 2.40. The van der Waals surface area contributed by atoms with Gasteiger partial charge < -0.3 is 96.6 Å². The Balaban J connectivity index is 0.970. The normalized spacial score (nSPS) is 21.6. The summed E-state index contributed by atoms with van der Waals surface area (Å²) in [6.07, 6.45) is -8.36. The van der Waals surface area contributed by atoms with E-state index in [1.807, 2.05) is 0 Å². The largest absolute Gasteiger partial charge is 0.493 e. The Morgan fingerprint density at radius 1 is 0.615 bits per heavy atom. The third kappa shape index (κ3) is 17.2. The molecule has 0 aromatic heterocycles. The number of rotatable bonds is 27. The standard InChI is InChI=1S/C62H77N5O24/c1-33-23-44(59-82-19-20-83-59)66(30-33)56(72)39-26-47(77-7)49(28-42(39)63)80-16-11-10-12-17-81-50-29-43(40(27-48(50)78-8)57(73)67-31-34(2)24-45(67)60-84-21-22-85-60)65-62(75)86-32-38-13-14-46(41(25-38)55(71)64-15-18-76-6)90-61-54(89-37(5)70)52(88-36(4)69)51(87-35(3)68)53(91-61)58(74)79-9/h13-14,25-29,44-45,51-54,59-61H,1-2,10-12,15-24,30-32,63H2,3-9H3,(H,64,71)(H,65,75)/t44-,45-,51-,52-,53-,54+,61+/m0/s1. The van der Waals surface area contributed by atoms with Gasteiger partial charge in [-0.2, -0.15) is 0 Å². The number of likely N-dealkylation sites (tertiary alicyclic amines) is 2. The van der Waals surface area contributed by atoms with Gasteiger partial charge in [-0.3, -0.25) is 34.1 Å². The first-order valence-electron chi connectivity index (χ1n) is 29.3. The number of hydrogen-bond acceptors (Lipinski definition) is 25. The summed E-state index contributed by atoms with van der Waals surface area (Å²) in [4.78, 5) is 110. The van der Waals surface area contributed by atoms with E-state index in [9.17, 15) is 38.4 Å². The summed E-state index contributed by atoms with van der Waals surface area (Å²) in [6.45, 7) is 13.4. The first-order valence-corrected chi connectivity index (χ1v) is 29.3. The van der Waals surface area contributed by atoms with Gasteiger partial charge in [-0.05, 0) is 61.9 Å². The fraction of sp³-hybridized carbons (Fsp3) is 0.516. The maximum absolute atomic E-state index is 14.7. The lowest BCUT2D eigenvalue weighted by Gasteiger charge is -2.43. The van der Waals surface area contributed by atoms with Crippen molar-refractivity contribution >= 4 is 59.1 Å². The molecule has 91 heavy (non-hydrogen) atoms. The highest BCUT2D eigenvalue weighted by Gasteiger charge is 2.56. The molecule has 29 heteroatoms. The number of methoxy groups -OCH3 is 4. The van der Waals surface area contributed by atoms with Crippen LogP contribution in [0, 0.1) is 0 Å². The molecule has 0 unspecified atom stereocenters. The van der Waals surface area contributed by atoms with Gasteiger partial charge >= 0.3 is 30.0 Å². The maximum Gasteiger partial charge on any atom is 0.411 e. The van der Waals surface area contributed by atoms with Crippen LogP contribution in [0.4, 0.5) is 16.2 Å². The van der Waals surface area contributed by atoms with Crippen molar-refractivity contribution in [2.24, 2.45) is 0 Å². The van der Waals surface area contributed by atoms with E-state index in [2.05, 4.69) is 23.8 Å². The Bertz CT molecular complexity index is 3180. The first kappa shape index (κ1) is 68.2. The van der Waals surface area contributed by atoms with Gasteiger partial charge in [0.1, 0.15) is 12.4 Å². The van der Waals surface area contributed by atoms with Crippen LogP contribution in [0.15, 0.2) is 66.8 Å². The third-order valence-electron chi connectivity index (χ3n) is 15.0. The monoisotopic (exact) mass is 1280 g/mol. The highest BCUT2D eigenvalue weighted by atomic mass is 16.7. The minimum absolute atomic E-state index is 0.00179. The summed E-state index contributed by atoms with van der Waals surface area (Å²) >= 11 is 0. The molecule has 494 valence electrons. The average molecular weight is 1280 g/mol. The van der Waals surface area contributed by atoms with Crippen molar-refractivity contribution in [3.63, 3.8) is 0 Å². The van der Waals surface area contributed by atoms with Gasteiger partial charge in [0.15, 0.2) is 53.9 Å². The molecule has 3 aromatic carbocycles. The van der Waals surface area contributed by atoms with Gasteiger partial charge in [0.25, 0.3) is 17.7 Å². The number of nitrogens with zero attached hydrogens (tertiary/aromatic N) is 2. The van der Waals surface area contributed by atoms with E-state index < -0.39 is 97.7 Å². The molecule has 0 saturated carbocycles. The second-order valence-electron chi connectivity index (χ2n) is 21.6. The Morgan fingerprint density at radius 3 is 1.70 bits per heavy atom. The van der Waals surface area contributed by atoms with Gasteiger partial charge in [-0.25, -0.2) is 9.59 Å². The molecule has 5 saturated heterocycles. The van der Waals surface area contributed by atoms with E-state index in [4.69, 9.17) is 81.5 Å². The van der Waals surface area contributed by atoms with E-state index in [-0.39, 0.29) is 95.7 Å². The average Bonchev–Trinajstić information content (AvgIpc) is 1.36. The van der Waals surface area contributed by atoms with Crippen molar-refractivity contribution in [2.75, 3.05) is 105 Å². The number of amides is 4. The van der Waals surface area contributed by atoms with Crippen LogP contribution in [0.1, 0.15) is 89.5 Å². The van der Waals surface area contributed by atoms with Gasteiger partial charge in [0.05, 0.1) is 102 Å².